The number of benzene rings is 2. The number of fused-ring (bicyclic) bond motifs is 1. The van der Waals surface area contributed by atoms with Crippen molar-refractivity contribution in [1.29, 1.82) is 0 Å². The molecule has 0 bridgehead atoms. The Kier molecular flexibility index (Phi) is 3.25. The minimum atomic E-state index is -0.632. The van der Waals surface area contributed by atoms with Crippen molar-refractivity contribution in [2.45, 2.75) is 20.0 Å². The van der Waals surface area contributed by atoms with Crippen molar-refractivity contribution in [2.75, 3.05) is 0 Å². The summed E-state index contributed by atoms with van der Waals surface area (Å²) < 4.78 is 0. The van der Waals surface area contributed by atoms with E-state index < -0.39 is 6.10 Å². The molecule has 2 nitrogen and oxygen atoms in total. The van der Waals surface area contributed by atoms with Crippen LogP contribution >= 0.6 is 0 Å². The Bertz CT molecular complexity index is 764. The second-order valence-corrected chi connectivity index (χ2v) is 5.22. The molecule has 0 aliphatic rings. The monoisotopic (exact) mass is 263 g/mol. The Labute approximate surface area is 118 Å². The first-order valence-electron chi connectivity index (χ1n) is 6.75. The van der Waals surface area contributed by atoms with Crippen molar-refractivity contribution in [1.82, 2.24) is 4.98 Å². The van der Waals surface area contributed by atoms with Gasteiger partial charge < -0.3 is 5.11 Å². The first-order chi connectivity index (χ1) is 9.65. The fourth-order valence-corrected chi connectivity index (χ4v) is 2.55. The summed E-state index contributed by atoms with van der Waals surface area (Å²) in [6.07, 6.45) is 1.12. The Balaban J connectivity index is 2.05. The Morgan fingerprint density at radius 2 is 1.80 bits per heavy atom. The number of rotatable bonds is 2. The van der Waals surface area contributed by atoms with E-state index in [2.05, 4.69) is 18.0 Å². The fraction of sp³-hybridized carbons (Fsp3) is 0.167. The van der Waals surface area contributed by atoms with Crippen LogP contribution in [-0.2, 0) is 0 Å². The van der Waals surface area contributed by atoms with E-state index in [1.807, 2.05) is 49.4 Å². The van der Waals surface area contributed by atoms with E-state index in [1.54, 1.807) is 6.20 Å². The van der Waals surface area contributed by atoms with Crippen molar-refractivity contribution >= 4 is 10.9 Å². The molecule has 0 saturated heterocycles. The molecule has 0 amide bonds. The predicted molar refractivity (Wildman–Crippen MR) is 81.7 cm³/mol. The van der Waals surface area contributed by atoms with Crippen LogP contribution < -0.4 is 0 Å². The number of aromatic nitrogens is 1. The second-order valence-electron chi connectivity index (χ2n) is 5.22. The maximum atomic E-state index is 10.6. The minimum absolute atomic E-state index is 0.632. The molecule has 2 aromatic carbocycles. The van der Waals surface area contributed by atoms with E-state index in [-0.39, 0.29) is 0 Å². The largest absolute Gasteiger partial charge is 0.384 e. The molecule has 20 heavy (non-hydrogen) atoms. The summed E-state index contributed by atoms with van der Waals surface area (Å²) in [4.78, 5) is 4.41. The van der Waals surface area contributed by atoms with Crippen LogP contribution in [0.5, 0.6) is 0 Å². The van der Waals surface area contributed by atoms with Gasteiger partial charge in [-0.3, -0.25) is 4.98 Å². The summed E-state index contributed by atoms with van der Waals surface area (Å²) in [6, 6.07) is 16.1. The van der Waals surface area contributed by atoms with Crippen molar-refractivity contribution in [3.8, 4) is 0 Å². The van der Waals surface area contributed by atoms with E-state index in [4.69, 9.17) is 0 Å². The lowest BCUT2D eigenvalue weighted by atomic mass is 9.96. The SMILES string of the molecule is Cc1ccc(C(O)c2cnc3ccccc3c2)c(C)c1. The van der Waals surface area contributed by atoms with Crippen molar-refractivity contribution < 1.29 is 5.11 Å². The van der Waals surface area contributed by atoms with Gasteiger partial charge in [0.1, 0.15) is 6.10 Å². The highest BCUT2D eigenvalue weighted by atomic mass is 16.3. The molecular formula is C18H17NO. The van der Waals surface area contributed by atoms with Crippen molar-refractivity contribution in [3.05, 3.63) is 77.0 Å². The van der Waals surface area contributed by atoms with Gasteiger partial charge in [0.25, 0.3) is 0 Å². The molecule has 0 radical (unpaired) electrons. The third kappa shape index (κ3) is 2.30. The molecule has 0 saturated carbocycles. The summed E-state index contributed by atoms with van der Waals surface area (Å²) in [5.41, 5.74) is 5.02. The summed E-state index contributed by atoms with van der Waals surface area (Å²) in [7, 11) is 0. The van der Waals surface area contributed by atoms with E-state index in [0.29, 0.717) is 0 Å². The lowest BCUT2D eigenvalue weighted by Gasteiger charge is -2.15. The topological polar surface area (TPSA) is 33.1 Å². The maximum Gasteiger partial charge on any atom is 0.106 e. The molecule has 0 aliphatic heterocycles. The number of hydrogen-bond donors (Lipinski definition) is 1. The van der Waals surface area contributed by atoms with Gasteiger partial charge in [0.2, 0.25) is 0 Å². The normalized spacial score (nSPS) is 12.6. The van der Waals surface area contributed by atoms with Crippen LogP contribution in [0.25, 0.3) is 10.9 Å². The summed E-state index contributed by atoms with van der Waals surface area (Å²) >= 11 is 0. The van der Waals surface area contributed by atoms with E-state index in [0.717, 1.165) is 27.6 Å². The number of aryl methyl sites for hydroxylation is 2. The molecular weight excluding hydrogens is 246 g/mol. The molecule has 100 valence electrons. The molecule has 1 atom stereocenters. The zero-order valence-corrected chi connectivity index (χ0v) is 11.7. The Hall–Kier alpha value is -2.19. The fourth-order valence-electron chi connectivity index (χ4n) is 2.55. The lowest BCUT2D eigenvalue weighted by molar-refractivity contribution is 0.219. The quantitative estimate of drug-likeness (QED) is 0.760. The third-order valence-electron chi connectivity index (χ3n) is 3.65. The second kappa shape index (κ2) is 5.06. The van der Waals surface area contributed by atoms with E-state index >= 15 is 0 Å². The third-order valence-corrected chi connectivity index (χ3v) is 3.65. The van der Waals surface area contributed by atoms with Crippen LogP contribution in [0, 0.1) is 13.8 Å². The highest BCUT2D eigenvalue weighted by Crippen LogP contribution is 2.26. The van der Waals surface area contributed by atoms with Gasteiger partial charge in [-0.2, -0.15) is 0 Å². The van der Waals surface area contributed by atoms with Crippen molar-refractivity contribution in [2.24, 2.45) is 0 Å². The standard InChI is InChI=1S/C18H17NO/c1-12-7-8-16(13(2)9-12)18(20)15-10-14-5-3-4-6-17(14)19-11-15/h3-11,18,20H,1-2H3. The molecule has 1 unspecified atom stereocenters. The van der Waals surface area contributed by atoms with Gasteiger partial charge in [0.05, 0.1) is 5.52 Å². The molecule has 1 heterocycles. The van der Waals surface area contributed by atoms with Crippen molar-refractivity contribution in [3.63, 3.8) is 0 Å². The number of nitrogens with zero attached hydrogens (tertiary/aromatic N) is 1. The van der Waals surface area contributed by atoms with Crippen LogP contribution in [0.2, 0.25) is 0 Å². The molecule has 3 rings (SSSR count). The highest BCUT2D eigenvalue weighted by Gasteiger charge is 2.13. The molecule has 3 aromatic rings. The molecule has 1 N–H and O–H groups in total. The number of aliphatic hydroxyl groups is 1. The first-order valence-corrected chi connectivity index (χ1v) is 6.75. The predicted octanol–water partition coefficient (Wildman–Crippen LogP) is 3.93. The average Bonchev–Trinajstić information content (AvgIpc) is 2.46. The van der Waals surface area contributed by atoms with E-state index in [9.17, 15) is 5.11 Å². The van der Waals surface area contributed by atoms with Gasteiger partial charge in [-0.25, -0.2) is 0 Å². The zero-order chi connectivity index (χ0) is 14.1. The van der Waals surface area contributed by atoms with E-state index in [1.165, 1.54) is 5.56 Å². The van der Waals surface area contributed by atoms with Gasteiger partial charge >= 0.3 is 0 Å². The zero-order valence-electron chi connectivity index (χ0n) is 11.7. The molecule has 2 heteroatoms. The number of pyridine rings is 1. The Morgan fingerprint density at radius 1 is 1.00 bits per heavy atom. The van der Waals surface area contributed by atoms with Gasteiger partial charge in [-0.15, -0.1) is 0 Å². The molecule has 0 fully saturated rings. The first kappa shape index (κ1) is 12.8. The smallest absolute Gasteiger partial charge is 0.106 e. The van der Waals surface area contributed by atoms with Gasteiger partial charge in [0.15, 0.2) is 0 Å². The van der Waals surface area contributed by atoms with Gasteiger partial charge in [-0.1, -0.05) is 42.0 Å². The number of aliphatic hydroxyl groups excluding tert-OH is 1. The average molecular weight is 263 g/mol. The molecule has 1 aromatic heterocycles. The highest BCUT2D eigenvalue weighted by molar-refractivity contribution is 5.78. The molecule has 0 spiro atoms. The van der Waals surface area contributed by atoms with Crippen LogP contribution in [0.4, 0.5) is 0 Å². The summed E-state index contributed by atoms with van der Waals surface area (Å²) in [5.74, 6) is 0. The van der Waals surface area contributed by atoms with Crippen LogP contribution in [0.1, 0.15) is 28.4 Å². The Morgan fingerprint density at radius 3 is 2.60 bits per heavy atom. The van der Waals surface area contributed by atoms with Gasteiger partial charge in [0, 0.05) is 17.1 Å². The lowest BCUT2D eigenvalue weighted by Crippen LogP contribution is -2.03. The minimum Gasteiger partial charge on any atom is -0.384 e. The summed E-state index contributed by atoms with van der Waals surface area (Å²) in [5, 5.41) is 11.6. The number of para-hydroxylation sites is 1. The van der Waals surface area contributed by atoms with Crippen LogP contribution in [-0.4, -0.2) is 10.1 Å². The van der Waals surface area contributed by atoms with Crippen LogP contribution in [0.15, 0.2) is 54.7 Å². The van der Waals surface area contributed by atoms with Crippen LogP contribution in [0.3, 0.4) is 0 Å². The summed E-state index contributed by atoms with van der Waals surface area (Å²) in [6.45, 7) is 4.08. The maximum absolute atomic E-state index is 10.6. The van der Waals surface area contributed by atoms with Gasteiger partial charge in [-0.05, 0) is 37.1 Å². The molecule has 0 aliphatic carbocycles. The number of hydrogen-bond acceptors (Lipinski definition) is 2.